The second kappa shape index (κ2) is 6.53. The molecule has 3 aromatic heterocycles. The van der Waals surface area contributed by atoms with Crippen molar-refractivity contribution >= 4 is 17.2 Å². The van der Waals surface area contributed by atoms with E-state index in [2.05, 4.69) is 9.97 Å². The fraction of sp³-hybridized carbons (Fsp3) is 0.105. The number of nitrogens with zero attached hydrogens (tertiary/aromatic N) is 4. The lowest BCUT2D eigenvalue weighted by molar-refractivity contribution is 0.398. The lowest BCUT2D eigenvalue weighted by atomic mass is 10.1. The summed E-state index contributed by atoms with van der Waals surface area (Å²) in [5.74, 6) is 0.576. The number of benzene rings is 1. The first-order chi connectivity index (χ1) is 12.2. The summed E-state index contributed by atoms with van der Waals surface area (Å²) in [5.41, 5.74) is 4.67. The van der Waals surface area contributed by atoms with Crippen LogP contribution in [0.3, 0.4) is 0 Å². The number of fused-ring (bicyclic) bond motifs is 1. The van der Waals surface area contributed by atoms with E-state index in [0.29, 0.717) is 12.3 Å². The molecule has 0 unspecified atom stereocenters. The Bertz CT molecular complexity index is 1030. The standard InChI is InChI=1S/C19H15ClN4O/c1-25-19-8-5-14(11-22-19)17-12-21-18-7-6-16(23-24(17)18)10-13-3-2-4-15(20)9-13/h2-9,11-12H,10H2,1H3. The van der Waals surface area contributed by atoms with E-state index in [1.165, 1.54) is 0 Å². The van der Waals surface area contributed by atoms with E-state index in [4.69, 9.17) is 21.4 Å². The van der Waals surface area contributed by atoms with Crippen molar-refractivity contribution in [3.8, 4) is 17.1 Å². The number of hydrogen-bond acceptors (Lipinski definition) is 4. The van der Waals surface area contributed by atoms with E-state index < -0.39 is 0 Å². The van der Waals surface area contributed by atoms with Gasteiger partial charge in [-0.2, -0.15) is 5.10 Å². The summed E-state index contributed by atoms with van der Waals surface area (Å²) < 4.78 is 6.95. The minimum Gasteiger partial charge on any atom is -0.481 e. The van der Waals surface area contributed by atoms with Gasteiger partial charge in [-0.1, -0.05) is 23.7 Å². The lowest BCUT2D eigenvalue weighted by Crippen LogP contribution is -2.00. The molecule has 0 saturated heterocycles. The Balaban J connectivity index is 1.71. The van der Waals surface area contributed by atoms with Gasteiger partial charge in [-0.05, 0) is 35.9 Å². The van der Waals surface area contributed by atoms with Crippen molar-refractivity contribution in [3.63, 3.8) is 0 Å². The minimum absolute atomic E-state index is 0.576. The smallest absolute Gasteiger partial charge is 0.212 e. The largest absolute Gasteiger partial charge is 0.481 e. The van der Waals surface area contributed by atoms with E-state index in [9.17, 15) is 0 Å². The Kier molecular flexibility index (Phi) is 4.07. The van der Waals surface area contributed by atoms with Gasteiger partial charge in [0.2, 0.25) is 5.88 Å². The van der Waals surface area contributed by atoms with Crippen molar-refractivity contribution in [2.24, 2.45) is 0 Å². The van der Waals surface area contributed by atoms with Crippen LogP contribution in [0, 0.1) is 0 Å². The van der Waals surface area contributed by atoms with Crippen LogP contribution in [0.2, 0.25) is 5.02 Å². The summed E-state index contributed by atoms with van der Waals surface area (Å²) in [6.45, 7) is 0. The monoisotopic (exact) mass is 350 g/mol. The molecule has 124 valence electrons. The molecule has 0 aliphatic carbocycles. The van der Waals surface area contributed by atoms with E-state index in [1.54, 1.807) is 19.5 Å². The second-order valence-electron chi connectivity index (χ2n) is 5.63. The summed E-state index contributed by atoms with van der Waals surface area (Å²) in [7, 11) is 1.60. The molecule has 0 saturated carbocycles. The number of rotatable bonds is 4. The van der Waals surface area contributed by atoms with Gasteiger partial charge in [0, 0.05) is 29.3 Å². The Morgan fingerprint density at radius 3 is 2.72 bits per heavy atom. The predicted molar refractivity (Wildman–Crippen MR) is 97.0 cm³/mol. The van der Waals surface area contributed by atoms with Gasteiger partial charge in [0.1, 0.15) is 0 Å². The van der Waals surface area contributed by atoms with Crippen LogP contribution in [0.1, 0.15) is 11.3 Å². The highest BCUT2D eigenvalue weighted by Gasteiger charge is 2.09. The average Bonchev–Trinajstić information content (AvgIpc) is 3.05. The van der Waals surface area contributed by atoms with Gasteiger partial charge >= 0.3 is 0 Å². The number of ether oxygens (including phenoxy) is 1. The molecule has 0 fully saturated rings. The van der Waals surface area contributed by atoms with Crippen LogP contribution in [0.5, 0.6) is 5.88 Å². The summed E-state index contributed by atoms with van der Waals surface area (Å²) >= 11 is 6.07. The van der Waals surface area contributed by atoms with Crippen LogP contribution in [0.25, 0.3) is 16.9 Å². The van der Waals surface area contributed by atoms with E-state index in [-0.39, 0.29) is 0 Å². The quantitative estimate of drug-likeness (QED) is 0.557. The van der Waals surface area contributed by atoms with Gasteiger partial charge in [-0.3, -0.25) is 0 Å². The fourth-order valence-electron chi connectivity index (χ4n) is 2.71. The van der Waals surface area contributed by atoms with Crippen molar-refractivity contribution in [1.29, 1.82) is 0 Å². The molecule has 0 bridgehead atoms. The van der Waals surface area contributed by atoms with Crippen LogP contribution in [-0.2, 0) is 6.42 Å². The highest BCUT2D eigenvalue weighted by molar-refractivity contribution is 6.30. The van der Waals surface area contributed by atoms with Crippen LogP contribution in [0.15, 0.2) is 60.9 Å². The van der Waals surface area contributed by atoms with Crippen molar-refractivity contribution in [2.75, 3.05) is 7.11 Å². The molecular formula is C19H15ClN4O. The Morgan fingerprint density at radius 1 is 1.04 bits per heavy atom. The third kappa shape index (κ3) is 3.19. The van der Waals surface area contributed by atoms with Gasteiger partial charge < -0.3 is 4.74 Å². The Morgan fingerprint density at radius 2 is 1.96 bits per heavy atom. The topological polar surface area (TPSA) is 52.3 Å². The number of methoxy groups -OCH3 is 1. The zero-order chi connectivity index (χ0) is 17.2. The Labute approximate surface area is 149 Å². The fourth-order valence-corrected chi connectivity index (χ4v) is 2.92. The molecule has 0 atom stereocenters. The number of imidazole rings is 1. The highest BCUT2D eigenvalue weighted by Crippen LogP contribution is 2.21. The summed E-state index contributed by atoms with van der Waals surface area (Å²) in [6, 6.07) is 15.5. The number of halogens is 1. The maximum Gasteiger partial charge on any atom is 0.212 e. The van der Waals surface area contributed by atoms with Gasteiger partial charge in [-0.15, -0.1) is 0 Å². The molecule has 0 amide bonds. The summed E-state index contributed by atoms with van der Waals surface area (Å²) in [6.07, 6.45) is 4.26. The molecular weight excluding hydrogens is 336 g/mol. The number of hydrogen-bond donors (Lipinski definition) is 0. The Hall–Kier alpha value is -2.92. The van der Waals surface area contributed by atoms with Gasteiger partial charge in [0.25, 0.3) is 0 Å². The van der Waals surface area contributed by atoms with Crippen molar-refractivity contribution in [2.45, 2.75) is 6.42 Å². The molecule has 0 aliphatic rings. The van der Waals surface area contributed by atoms with Gasteiger partial charge in [-0.25, -0.2) is 14.5 Å². The van der Waals surface area contributed by atoms with Crippen LogP contribution in [-0.4, -0.2) is 26.7 Å². The number of aromatic nitrogens is 4. The molecule has 0 N–H and O–H groups in total. The molecule has 25 heavy (non-hydrogen) atoms. The van der Waals surface area contributed by atoms with Crippen molar-refractivity contribution < 1.29 is 4.74 Å². The van der Waals surface area contributed by atoms with Crippen LogP contribution < -0.4 is 4.74 Å². The molecule has 5 nitrogen and oxygen atoms in total. The zero-order valence-electron chi connectivity index (χ0n) is 13.6. The van der Waals surface area contributed by atoms with Crippen molar-refractivity contribution in [3.05, 3.63) is 77.2 Å². The normalized spacial score (nSPS) is 11.0. The summed E-state index contributed by atoms with van der Waals surface area (Å²) in [5, 5.41) is 5.46. The maximum absolute atomic E-state index is 6.07. The molecule has 4 rings (SSSR count). The van der Waals surface area contributed by atoms with Crippen LogP contribution in [0.4, 0.5) is 0 Å². The van der Waals surface area contributed by atoms with E-state index in [1.807, 2.05) is 53.0 Å². The summed E-state index contributed by atoms with van der Waals surface area (Å²) in [4.78, 5) is 8.67. The molecule has 3 heterocycles. The average molecular weight is 351 g/mol. The first-order valence-corrected chi connectivity index (χ1v) is 8.19. The van der Waals surface area contributed by atoms with Crippen LogP contribution >= 0.6 is 11.6 Å². The lowest BCUT2D eigenvalue weighted by Gasteiger charge is -2.05. The molecule has 4 aromatic rings. The van der Waals surface area contributed by atoms with Gasteiger partial charge in [0.15, 0.2) is 5.65 Å². The first kappa shape index (κ1) is 15.6. The molecule has 0 aliphatic heterocycles. The third-order valence-electron chi connectivity index (χ3n) is 3.93. The predicted octanol–water partition coefficient (Wildman–Crippen LogP) is 4.04. The molecule has 0 spiro atoms. The number of pyridine rings is 1. The molecule has 0 radical (unpaired) electrons. The van der Waals surface area contributed by atoms with Gasteiger partial charge in [0.05, 0.1) is 24.7 Å². The maximum atomic E-state index is 6.07. The van der Waals surface area contributed by atoms with Crippen molar-refractivity contribution in [1.82, 2.24) is 19.6 Å². The molecule has 1 aromatic carbocycles. The van der Waals surface area contributed by atoms with E-state index in [0.717, 1.165) is 33.2 Å². The molecule has 6 heteroatoms. The third-order valence-corrected chi connectivity index (χ3v) is 4.17. The highest BCUT2D eigenvalue weighted by atomic mass is 35.5. The van der Waals surface area contributed by atoms with E-state index >= 15 is 0 Å². The second-order valence-corrected chi connectivity index (χ2v) is 6.07. The zero-order valence-corrected chi connectivity index (χ0v) is 14.3. The SMILES string of the molecule is COc1ccc(-c2cnc3ccc(Cc4cccc(Cl)c4)nn23)cn1. The minimum atomic E-state index is 0.576. The first-order valence-electron chi connectivity index (χ1n) is 7.81.